The van der Waals surface area contributed by atoms with Crippen molar-refractivity contribution in [1.82, 2.24) is 0 Å². The highest BCUT2D eigenvalue weighted by molar-refractivity contribution is 7.91. The smallest absolute Gasteiger partial charge is 0.105 e. The molecule has 1 N–H and O–H groups in total. The molecule has 0 heterocycles. The number of aliphatic hydroxyl groups excluding tert-OH is 1. The first-order chi connectivity index (χ1) is 12.9. The Kier molecular flexibility index (Phi) is 8.40. The second-order valence-corrected chi connectivity index (χ2v) is 10.1. The number of hydrogen-bond donors (Lipinski definition) is 1. The van der Waals surface area contributed by atoms with E-state index in [1.165, 1.54) is 5.56 Å². The maximum Gasteiger partial charge on any atom is 0.105 e. The Morgan fingerprint density at radius 3 is 1.78 bits per heavy atom. The third-order valence-corrected chi connectivity index (χ3v) is 7.14. The summed E-state index contributed by atoms with van der Waals surface area (Å²) in [5.74, 6) is 1.48. The molecular weight excluding hydrogens is 352 g/mol. The molecule has 2 aromatic rings. The van der Waals surface area contributed by atoms with Gasteiger partial charge in [0.05, 0.1) is 6.61 Å². The average molecular weight is 387 g/mol. The van der Waals surface area contributed by atoms with Crippen molar-refractivity contribution in [1.29, 1.82) is 0 Å². The molecule has 3 heteroatoms. The third-order valence-electron chi connectivity index (χ3n) is 5.65. The Morgan fingerprint density at radius 2 is 1.26 bits per heavy atom. The van der Waals surface area contributed by atoms with Crippen LogP contribution in [0.2, 0.25) is 0 Å². The van der Waals surface area contributed by atoms with Gasteiger partial charge >= 0.3 is 0 Å². The highest BCUT2D eigenvalue weighted by Crippen LogP contribution is 2.30. The molecule has 0 aliphatic carbocycles. The van der Waals surface area contributed by atoms with Gasteiger partial charge in [-0.3, -0.25) is 0 Å². The molecule has 0 spiro atoms. The lowest BCUT2D eigenvalue weighted by Gasteiger charge is -2.28. The Hall–Kier alpha value is -1.29. The van der Waals surface area contributed by atoms with Crippen molar-refractivity contribution in [3.8, 4) is 0 Å². The van der Waals surface area contributed by atoms with Gasteiger partial charge in [-0.1, -0.05) is 92.6 Å². The highest BCUT2D eigenvalue weighted by atomic mass is 32.2. The maximum atomic E-state index is 12.4. The van der Waals surface area contributed by atoms with Gasteiger partial charge in [-0.25, -0.2) is 0 Å². The van der Waals surface area contributed by atoms with Crippen LogP contribution in [0.5, 0.6) is 0 Å². The van der Waals surface area contributed by atoms with Crippen LogP contribution in [0.4, 0.5) is 0 Å². The van der Waals surface area contributed by atoms with E-state index in [1.807, 2.05) is 24.3 Å². The lowest BCUT2D eigenvalue weighted by atomic mass is 9.79. The van der Waals surface area contributed by atoms with Crippen LogP contribution in [0.3, 0.4) is 0 Å². The summed E-state index contributed by atoms with van der Waals surface area (Å²) in [5.41, 5.74) is 2.37. The van der Waals surface area contributed by atoms with Gasteiger partial charge in [0.25, 0.3) is 0 Å². The van der Waals surface area contributed by atoms with Gasteiger partial charge < -0.3 is 9.66 Å². The molecule has 0 saturated carbocycles. The molecule has 148 valence electrons. The van der Waals surface area contributed by atoms with E-state index in [4.69, 9.17) is 0 Å². The molecular formula is C24H34O2S. The van der Waals surface area contributed by atoms with E-state index >= 15 is 0 Å². The van der Waals surface area contributed by atoms with Gasteiger partial charge in [0.1, 0.15) is 11.5 Å². The Bertz CT molecular complexity index is 657. The second kappa shape index (κ2) is 10.3. The second-order valence-electron chi connectivity index (χ2n) is 8.39. The molecule has 0 aliphatic rings. The first-order valence-corrected chi connectivity index (χ1v) is 11.4. The van der Waals surface area contributed by atoms with E-state index < -0.39 is 11.2 Å². The highest BCUT2D eigenvalue weighted by Gasteiger charge is 2.26. The summed E-state index contributed by atoms with van der Waals surface area (Å²) in [4.78, 5) is 0. The van der Waals surface area contributed by atoms with Crippen LogP contribution in [0.1, 0.15) is 57.6 Å². The molecule has 0 bridgehead atoms. The summed E-state index contributed by atoms with van der Waals surface area (Å²) in [6.45, 7) is 6.73. The summed E-state index contributed by atoms with van der Waals surface area (Å²) < 4.78 is 12.4. The van der Waals surface area contributed by atoms with E-state index in [0.29, 0.717) is 5.75 Å². The minimum Gasteiger partial charge on any atom is -0.616 e. The molecule has 0 aliphatic heterocycles. The predicted octanol–water partition coefficient (Wildman–Crippen LogP) is 5.22. The van der Waals surface area contributed by atoms with Crippen molar-refractivity contribution in [3.63, 3.8) is 0 Å². The summed E-state index contributed by atoms with van der Waals surface area (Å²) in [5, 5.41) is 9.87. The first kappa shape index (κ1) is 22.0. The molecule has 0 radical (unpaired) electrons. The van der Waals surface area contributed by atoms with Gasteiger partial charge in [0.2, 0.25) is 0 Å². The molecule has 2 atom stereocenters. The fourth-order valence-corrected chi connectivity index (χ4v) is 4.73. The molecule has 2 aromatic carbocycles. The Labute approximate surface area is 168 Å². The lowest BCUT2D eigenvalue weighted by Crippen LogP contribution is -2.28. The molecule has 0 fully saturated rings. The van der Waals surface area contributed by atoms with Gasteiger partial charge in [0, 0.05) is 5.41 Å². The van der Waals surface area contributed by atoms with Crippen molar-refractivity contribution in [2.45, 2.75) is 57.3 Å². The summed E-state index contributed by atoms with van der Waals surface area (Å²) in [6.07, 6.45) is 3.75. The van der Waals surface area contributed by atoms with Crippen LogP contribution in [0.25, 0.3) is 0 Å². The standard InChI is InChI=1S/C24H34O2S/c1-23(2,21-12-6-4-7-13-21)16-10-18-27(26)19-11-17-24(3,20-25)22-14-8-5-9-15-22/h4-9,12-15,25H,10-11,16-20H2,1-3H3. The van der Waals surface area contributed by atoms with E-state index in [9.17, 15) is 9.66 Å². The molecule has 2 unspecified atom stereocenters. The predicted molar refractivity (Wildman–Crippen MR) is 117 cm³/mol. The minimum absolute atomic E-state index is 0.119. The van der Waals surface area contributed by atoms with Crippen molar-refractivity contribution in [2.75, 3.05) is 18.1 Å². The minimum atomic E-state index is -0.786. The van der Waals surface area contributed by atoms with Gasteiger partial charge in [-0.2, -0.15) is 0 Å². The molecule has 2 rings (SSSR count). The van der Waals surface area contributed by atoms with Crippen LogP contribution in [-0.2, 0) is 22.0 Å². The lowest BCUT2D eigenvalue weighted by molar-refractivity contribution is 0.196. The fourth-order valence-electron chi connectivity index (χ4n) is 3.59. The van der Waals surface area contributed by atoms with Crippen LogP contribution >= 0.6 is 0 Å². The molecule has 0 amide bonds. The van der Waals surface area contributed by atoms with Crippen molar-refractivity contribution >= 4 is 11.2 Å². The van der Waals surface area contributed by atoms with Crippen LogP contribution in [0.15, 0.2) is 60.7 Å². The van der Waals surface area contributed by atoms with Gasteiger partial charge in [-0.15, -0.1) is 0 Å². The zero-order valence-electron chi connectivity index (χ0n) is 17.0. The number of hydrogen-bond acceptors (Lipinski definition) is 2. The largest absolute Gasteiger partial charge is 0.616 e. The summed E-state index contributed by atoms with van der Waals surface area (Å²) >= 11 is -0.786. The molecule has 27 heavy (non-hydrogen) atoms. The molecule has 0 aromatic heterocycles. The third kappa shape index (κ3) is 6.67. The maximum absolute atomic E-state index is 12.4. The van der Waals surface area contributed by atoms with Crippen LogP contribution in [-0.4, -0.2) is 27.8 Å². The SMILES string of the molecule is CC(C)(CCC[S+]([O-])CCCC(C)(CO)c1ccccc1)c1ccccc1. The van der Waals surface area contributed by atoms with Gasteiger partial charge in [-0.05, 0) is 42.2 Å². The molecule has 2 nitrogen and oxygen atoms in total. The topological polar surface area (TPSA) is 43.3 Å². The van der Waals surface area contributed by atoms with E-state index in [0.717, 1.165) is 37.0 Å². The van der Waals surface area contributed by atoms with E-state index in [2.05, 4.69) is 57.2 Å². The Balaban J connectivity index is 1.74. The van der Waals surface area contributed by atoms with Crippen molar-refractivity contribution in [3.05, 3.63) is 71.8 Å². The average Bonchev–Trinajstić information content (AvgIpc) is 2.69. The van der Waals surface area contributed by atoms with E-state index in [1.54, 1.807) is 0 Å². The van der Waals surface area contributed by atoms with Crippen LogP contribution < -0.4 is 0 Å². The van der Waals surface area contributed by atoms with E-state index in [-0.39, 0.29) is 17.4 Å². The summed E-state index contributed by atoms with van der Waals surface area (Å²) in [7, 11) is 0. The monoisotopic (exact) mass is 386 g/mol. The summed E-state index contributed by atoms with van der Waals surface area (Å²) in [6, 6.07) is 20.7. The zero-order valence-corrected chi connectivity index (χ0v) is 17.8. The van der Waals surface area contributed by atoms with Gasteiger partial charge in [0.15, 0.2) is 0 Å². The number of benzene rings is 2. The fraction of sp³-hybridized carbons (Fsp3) is 0.500. The number of rotatable bonds is 11. The van der Waals surface area contributed by atoms with Crippen molar-refractivity contribution < 1.29 is 9.66 Å². The van der Waals surface area contributed by atoms with Crippen molar-refractivity contribution in [2.24, 2.45) is 0 Å². The molecule has 0 saturated heterocycles. The zero-order chi connectivity index (χ0) is 19.8. The number of aliphatic hydroxyl groups is 1. The van der Waals surface area contributed by atoms with Crippen LogP contribution in [0, 0.1) is 0 Å². The normalized spacial score (nSPS) is 15.3. The quantitative estimate of drug-likeness (QED) is 0.538. The first-order valence-electron chi connectivity index (χ1n) is 9.94. The Morgan fingerprint density at radius 1 is 0.778 bits per heavy atom.